The Kier molecular flexibility index (Phi) is 10.5. The van der Waals surface area contributed by atoms with Gasteiger partial charge in [-0.1, -0.05) is 11.6 Å². The molecule has 46 heavy (non-hydrogen) atoms. The van der Waals surface area contributed by atoms with Crippen LogP contribution in [0.4, 0.5) is 28.8 Å². The Balaban J connectivity index is 1.33. The predicted molar refractivity (Wildman–Crippen MR) is 189 cm³/mol. The molecular formula is C32H45ClN7O4PS. The molecule has 250 valence electrons. The van der Waals surface area contributed by atoms with Crippen LogP contribution in [0.1, 0.15) is 26.7 Å². The zero-order chi connectivity index (χ0) is 33.2. The Morgan fingerprint density at radius 1 is 0.978 bits per heavy atom. The summed E-state index contributed by atoms with van der Waals surface area (Å²) in [6, 6.07) is 11.4. The van der Waals surface area contributed by atoms with E-state index in [2.05, 4.69) is 48.4 Å². The number of anilines is 5. The van der Waals surface area contributed by atoms with Crippen LogP contribution in [0.25, 0.3) is 0 Å². The second kappa shape index (κ2) is 14.1. The van der Waals surface area contributed by atoms with Crippen molar-refractivity contribution >= 4 is 62.7 Å². The fourth-order valence-corrected chi connectivity index (χ4v) is 8.18. The van der Waals surface area contributed by atoms with Gasteiger partial charge in [0, 0.05) is 62.4 Å². The van der Waals surface area contributed by atoms with Crippen LogP contribution in [-0.2, 0) is 14.4 Å². The van der Waals surface area contributed by atoms with Gasteiger partial charge in [-0.05, 0) is 77.4 Å². The zero-order valence-corrected chi connectivity index (χ0v) is 29.9. The molecule has 5 rings (SSSR count). The van der Waals surface area contributed by atoms with Crippen molar-refractivity contribution in [2.24, 2.45) is 0 Å². The number of benzene rings is 2. The first kappa shape index (κ1) is 34.4. The third-order valence-corrected chi connectivity index (χ3v) is 12.8. The number of nitrogens with one attached hydrogen (secondary N) is 2. The van der Waals surface area contributed by atoms with E-state index >= 15 is 0 Å². The van der Waals surface area contributed by atoms with Gasteiger partial charge in [0.1, 0.15) is 17.9 Å². The van der Waals surface area contributed by atoms with Crippen LogP contribution in [0.5, 0.6) is 5.75 Å². The second-order valence-electron chi connectivity index (χ2n) is 12.7. The number of halogens is 1. The molecule has 0 unspecified atom stereocenters. The summed E-state index contributed by atoms with van der Waals surface area (Å²) in [6.07, 6.45) is 3.72. The van der Waals surface area contributed by atoms with Gasteiger partial charge in [-0.3, -0.25) is 4.90 Å². The second-order valence-corrected chi connectivity index (χ2v) is 18.8. The molecule has 0 amide bonds. The highest BCUT2D eigenvalue weighted by molar-refractivity contribution is 7.92. The topological polar surface area (TPSA) is 120 Å². The largest absolute Gasteiger partial charge is 0.494 e. The van der Waals surface area contributed by atoms with Gasteiger partial charge in [0.15, 0.2) is 15.7 Å². The molecule has 2 aliphatic heterocycles. The minimum absolute atomic E-state index is 0.0398. The molecule has 0 radical (unpaired) electrons. The van der Waals surface area contributed by atoms with Gasteiger partial charge in [-0.15, -0.1) is 0 Å². The summed E-state index contributed by atoms with van der Waals surface area (Å²) in [5, 5.41) is 6.30. The van der Waals surface area contributed by atoms with Crippen LogP contribution in [0.3, 0.4) is 0 Å². The first-order chi connectivity index (χ1) is 21.8. The Bertz CT molecular complexity index is 1700. The lowest BCUT2D eigenvalue weighted by molar-refractivity contribution is 0.0982. The Labute approximate surface area is 278 Å². The molecule has 2 fully saturated rings. The maximum Gasteiger partial charge on any atom is 0.229 e. The number of rotatable bonds is 10. The third-order valence-electron chi connectivity index (χ3n) is 8.83. The van der Waals surface area contributed by atoms with Crippen molar-refractivity contribution in [1.29, 1.82) is 0 Å². The molecule has 2 N–H and O–H groups in total. The quantitative estimate of drug-likeness (QED) is 0.271. The first-order valence-corrected chi connectivity index (χ1v) is 20.1. The SMILES string of the molecule is COc1cc(N2CCC(N3CCN(C)CC3)CC2)ccc1Nc1ncc(Cl)c(Nc2ccc(P(C)(C)=O)cc2S(=O)(=O)C(C)C)n1. The Morgan fingerprint density at radius 2 is 1.65 bits per heavy atom. The van der Waals surface area contributed by atoms with E-state index < -0.39 is 22.2 Å². The molecule has 0 aliphatic carbocycles. The van der Waals surface area contributed by atoms with Gasteiger partial charge < -0.3 is 29.7 Å². The Hall–Kier alpha value is -2.89. The number of hydrogen-bond acceptors (Lipinski definition) is 11. The van der Waals surface area contributed by atoms with Crippen LogP contribution in [0.2, 0.25) is 5.02 Å². The van der Waals surface area contributed by atoms with Crippen LogP contribution in [0, 0.1) is 0 Å². The normalized spacial score (nSPS) is 17.3. The number of aromatic nitrogens is 2. The molecule has 14 heteroatoms. The molecule has 3 aromatic rings. The van der Waals surface area contributed by atoms with Gasteiger partial charge in [0.05, 0.1) is 34.8 Å². The van der Waals surface area contributed by atoms with E-state index in [1.54, 1.807) is 46.4 Å². The van der Waals surface area contributed by atoms with Crippen molar-refractivity contribution in [2.75, 3.05) is 82.3 Å². The molecule has 0 bridgehead atoms. The van der Waals surface area contributed by atoms with Gasteiger partial charge >= 0.3 is 0 Å². The van der Waals surface area contributed by atoms with E-state index in [9.17, 15) is 13.0 Å². The average Bonchev–Trinajstić information content (AvgIpc) is 3.03. The van der Waals surface area contributed by atoms with Crippen molar-refractivity contribution in [2.45, 2.75) is 42.9 Å². The number of sulfone groups is 1. The summed E-state index contributed by atoms with van der Waals surface area (Å²) >= 11 is 6.47. The number of methoxy groups -OCH3 is 1. The summed E-state index contributed by atoms with van der Waals surface area (Å²) in [6.45, 7) is 13.0. The van der Waals surface area contributed by atoms with Crippen LogP contribution < -0.4 is 25.6 Å². The smallest absolute Gasteiger partial charge is 0.229 e. The third kappa shape index (κ3) is 7.80. The van der Waals surface area contributed by atoms with Crippen molar-refractivity contribution < 1.29 is 17.7 Å². The summed E-state index contributed by atoms with van der Waals surface area (Å²) in [5.74, 6) is 1.13. The molecule has 3 heterocycles. The fraction of sp³-hybridized carbons (Fsp3) is 0.500. The van der Waals surface area contributed by atoms with Crippen LogP contribution in [-0.4, -0.2) is 106 Å². The lowest BCUT2D eigenvalue weighted by atomic mass is 10.0. The molecule has 1 aromatic heterocycles. The maximum atomic E-state index is 13.3. The highest BCUT2D eigenvalue weighted by Crippen LogP contribution is 2.39. The first-order valence-electron chi connectivity index (χ1n) is 15.6. The van der Waals surface area contributed by atoms with E-state index in [0.717, 1.165) is 57.8 Å². The van der Waals surface area contributed by atoms with Crippen molar-refractivity contribution in [3.8, 4) is 5.75 Å². The van der Waals surface area contributed by atoms with Crippen LogP contribution in [0.15, 0.2) is 47.5 Å². The van der Waals surface area contributed by atoms with Gasteiger partial charge in [0.25, 0.3) is 0 Å². The summed E-state index contributed by atoms with van der Waals surface area (Å²) in [5.41, 5.74) is 2.07. The van der Waals surface area contributed by atoms with E-state index in [1.165, 1.54) is 12.3 Å². The molecule has 11 nitrogen and oxygen atoms in total. The van der Waals surface area contributed by atoms with Crippen molar-refractivity contribution in [3.05, 3.63) is 47.6 Å². The minimum Gasteiger partial charge on any atom is -0.494 e. The molecule has 2 aliphatic rings. The minimum atomic E-state index is -3.73. The zero-order valence-electron chi connectivity index (χ0n) is 27.5. The molecule has 0 spiro atoms. The molecule has 2 saturated heterocycles. The number of nitrogens with zero attached hydrogens (tertiary/aromatic N) is 5. The molecule has 0 atom stereocenters. The van der Waals surface area contributed by atoms with E-state index in [4.69, 9.17) is 16.3 Å². The number of piperidine rings is 1. The highest BCUT2D eigenvalue weighted by atomic mass is 35.5. The number of hydrogen-bond donors (Lipinski definition) is 2. The molecule has 2 aromatic carbocycles. The summed E-state index contributed by atoms with van der Waals surface area (Å²) in [4.78, 5) is 16.4. The van der Waals surface area contributed by atoms with E-state index in [1.807, 2.05) is 12.1 Å². The monoisotopic (exact) mass is 689 g/mol. The number of ether oxygens (including phenoxy) is 1. The highest BCUT2D eigenvalue weighted by Gasteiger charge is 2.28. The molecule has 0 saturated carbocycles. The summed E-state index contributed by atoms with van der Waals surface area (Å²) in [7, 11) is -2.61. The van der Waals surface area contributed by atoms with Crippen LogP contribution >= 0.6 is 18.7 Å². The molecular weight excluding hydrogens is 645 g/mol. The van der Waals surface area contributed by atoms with Gasteiger partial charge in [-0.25, -0.2) is 13.4 Å². The Morgan fingerprint density at radius 3 is 2.28 bits per heavy atom. The predicted octanol–water partition coefficient (Wildman–Crippen LogP) is 5.27. The number of likely N-dealkylation sites (N-methyl/N-ethyl adjacent to an activating group) is 1. The van der Waals surface area contributed by atoms with Crippen molar-refractivity contribution in [3.63, 3.8) is 0 Å². The van der Waals surface area contributed by atoms with Crippen molar-refractivity contribution in [1.82, 2.24) is 19.8 Å². The van der Waals surface area contributed by atoms with Gasteiger partial charge in [-0.2, -0.15) is 4.98 Å². The average molecular weight is 690 g/mol. The lowest BCUT2D eigenvalue weighted by Crippen LogP contribution is -2.52. The van der Waals surface area contributed by atoms with Gasteiger partial charge in [0.2, 0.25) is 5.95 Å². The maximum absolute atomic E-state index is 13.3. The number of piperazine rings is 1. The summed E-state index contributed by atoms with van der Waals surface area (Å²) < 4.78 is 45.1. The standard InChI is InChI=1S/C32H45ClN7O4PS/c1-22(2)46(42,43)30-20-25(45(5,6)41)8-10-28(30)35-31-26(33)21-34-32(37-31)36-27-9-7-24(19-29(27)44-4)39-13-11-23(12-14-39)40-17-15-38(3)16-18-40/h7-10,19-23H,11-18H2,1-6H3,(H2,34,35,36,37). The lowest BCUT2D eigenvalue weighted by Gasteiger charge is -2.42. The van der Waals surface area contributed by atoms with E-state index in [0.29, 0.717) is 22.8 Å². The fourth-order valence-electron chi connectivity index (χ4n) is 5.86. The van der Waals surface area contributed by atoms with E-state index in [-0.39, 0.29) is 27.4 Å².